The summed E-state index contributed by atoms with van der Waals surface area (Å²) in [6.45, 7) is 0. The van der Waals surface area contributed by atoms with E-state index in [0.717, 1.165) is 14.2 Å². The van der Waals surface area contributed by atoms with Crippen molar-refractivity contribution < 1.29 is 29.1 Å². The second-order valence-electron chi connectivity index (χ2n) is 7.28. The van der Waals surface area contributed by atoms with Gasteiger partial charge >= 0.3 is 11.9 Å². The fourth-order valence-electron chi connectivity index (χ4n) is 5.08. The molecule has 30 heavy (non-hydrogen) atoms. The van der Waals surface area contributed by atoms with E-state index in [-0.39, 0.29) is 5.57 Å². The van der Waals surface area contributed by atoms with Gasteiger partial charge in [0.15, 0.2) is 0 Å². The van der Waals surface area contributed by atoms with E-state index in [1.807, 2.05) is 0 Å². The number of carbonyl (C=O) groups excluding carboxylic acids is 2. The molecule has 8 heteroatoms. The van der Waals surface area contributed by atoms with E-state index >= 15 is 0 Å². The highest BCUT2D eigenvalue weighted by Crippen LogP contribution is 2.66. The number of methoxy groups -OCH3 is 2. The fourth-order valence-corrected chi connectivity index (χ4v) is 5.08. The standard InChI is InChI=1S/C22H19NO7/c1-29-20(25)15-17-13-10-6-7-11-14(13)18(16(19(15)24)21(26)30-2)22(17,23(27)28)12-8-4-3-5-9-12/h3-11,15,17-18,24H,1-2H3/t15-,17+,18+,22-/m0/s1. The van der Waals surface area contributed by atoms with Crippen LogP contribution >= 0.6 is 0 Å². The maximum absolute atomic E-state index is 12.8. The number of hydrogen-bond donors (Lipinski definition) is 1. The lowest BCUT2D eigenvalue weighted by Crippen LogP contribution is -2.51. The van der Waals surface area contributed by atoms with Crippen molar-refractivity contribution in [1.82, 2.24) is 0 Å². The zero-order valence-electron chi connectivity index (χ0n) is 16.3. The van der Waals surface area contributed by atoms with Crippen molar-refractivity contribution in [2.75, 3.05) is 14.2 Å². The van der Waals surface area contributed by atoms with E-state index in [1.165, 1.54) is 0 Å². The molecule has 0 heterocycles. The van der Waals surface area contributed by atoms with E-state index in [0.29, 0.717) is 16.7 Å². The molecule has 0 fully saturated rings. The third-order valence-corrected chi connectivity index (χ3v) is 6.15. The Morgan fingerprint density at radius 1 is 1.00 bits per heavy atom. The third kappa shape index (κ3) is 2.33. The van der Waals surface area contributed by atoms with Gasteiger partial charge in [0.05, 0.1) is 31.6 Å². The highest BCUT2D eigenvalue weighted by molar-refractivity contribution is 5.95. The first-order chi connectivity index (χ1) is 14.4. The van der Waals surface area contributed by atoms with Gasteiger partial charge in [-0.05, 0) is 11.1 Å². The number of aliphatic hydroxyl groups excluding tert-OH is 1. The van der Waals surface area contributed by atoms with Gasteiger partial charge in [0.2, 0.25) is 0 Å². The van der Waals surface area contributed by atoms with Gasteiger partial charge in [-0.25, -0.2) is 4.79 Å². The van der Waals surface area contributed by atoms with Crippen molar-refractivity contribution in [1.29, 1.82) is 0 Å². The van der Waals surface area contributed by atoms with Crippen LogP contribution < -0.4 is 0 Å². The van der Waals surface area contributed by atoms with Crippen molar-refractivity contribution in [3.63, 3.8) is 0 Å². The Labute approximate surface area is 171 Å². The number of ether oxygens (including phenoxy) is 2. The molecular formula is C22H19NO7. The SMILES string of the molecule is COC(=O)C1=C(O)[C@@H](C(=O)OC)[C@H]2c3ccccc3[C@H]1[C@@]2(c1ccccc1)[N+](=O)[O-]. The molecule has 4 atom stereocenters. The van der Waals surface area contributed by atoms with Crippen LogP contribution in [0, 0.1) is 16.0 Å². The van der Waals surface area contributed by atoms with E-state index in [2.05, 4.69) is 0 Å². The monoisotopic (exact) mass is 409 g/mol. The zero-order valence-corrected chi connectivity index (χ0v) is 16.3. The van der Waals surface area contributed by atoms with E-state index in [1.54, 1.807) is 54.6 Å². The number of benzene rings is 2. The van der Waals surface area contributed by atoms with Crippen molar-refractivity contribution in [3.8, 4) is 0 Å². The molecule has 0 spiro atoms. The molecule has 154 valence electrons. The summed E-state index contributed by atoms with van der Waals surface area (Å²) in [6, 6.07) is 15.0. The lowest BCUT2D eigenvalue weighted by Gasteiger charge is -2.40. The molecule has 2 aromatic rings. The third-order valence-electron chi connectivity index (χ3n) is 6.15. The van der Waals surface area contributed by atoms with Crippen LogP contribution in [0.5, 0.6) is 0 Å². The smallest absolute Gasteiger partial charge is 0.338 e. The van der Waals surface area contributed by atoms with Crippen LogP contribution in [0.15, 0.2) is 65.9 Å². The molecule has 0 saturated carbocycles. The molecule has 0 saturated heterocycles. The molecule has 0 aliphatic heterocycles. The highest BCUT2D eigenvalue weighted by Gasteiger charge is 2.73. The van der Waals surface area contributed by atoms with Gasteiger partial charge < -0.3 is 14.6 Å². The molecule has 2 aliphatic carbocycles. The van der Waals surface area contributed by atoms with Crippen LogP contribution in [0.3, 0.4) is 0 Å². The van der Waals surface area contributed by atoms with Crippen LogP contribution in [-0.4, -0.2) is 36.2 Å². The first-order valence-corrected chi connectivity index (χ1v) is 9.29. The first kappa shape index (κ1) is 19.6. The Balaban J connectivity index is 2.17. The van der Waals surface area contributed by atoms with Crippen LogP contribution in [-0.2, 0) is 24.6 Å². The summed E-state index contributed by atoms with van der Waals surface area (Å²) < 4.78 is 9.75. The summed E-state index contributed by atoms with van der Waals surface area (Å²) >= 11 is 0. The normalized spacial score (nSPS) is 26.7. The van der Waals surface area contributed by atoms with E-state index in [4.69, 9.17) is 9.47 Å². The molecule has 8 nitrogen and oxygen atoms in total. The van der Waals surface area contributed by atoms with Gasteiger partial charge in [-0.1, -0.05) is 54.6 Å². The van der Waals surface area contributed by atoms with Crippen LogP contribution in [0.25, 0.3) is 0 Å². The number of nitrogens with zero attached hydrogens (tertiary/aromatic N) is 1. The maximum atomic E-state index is 12.8. The number of nitro groups is 1. The molecule has 2 aliphatic rings. The zero-order chi connectivity index (χ0) is 21.6. The van der Waals surface area contributed by atoms with E-state index < -0.39 is 45.9 Å². The van der Waals surface area contributed by atoms with Gasteiger partial charge in [0.1, 0.15) is 11.7 Å². The molecule has 0 aromatic heterocycles. The summed E-state index contributed by atoms with van der Waals surface area (Å²) in [5, 5.41) is 23.8. The molecule has 2 bridgehead atoms. The van der Waals surface area contributed by atoms with Crippen molar-refractivity contribution in [2.24, 2.45) is 5.92 Å². The number of fused-ring (bicyclic) bond motifs is 5. The lowest BCUT2D eigenvalue weighted by atomic mass is 9.62. The number of esters is 2. The van der Waals surface area contributed by atoms with Gasteiger partial charge in [-0.15, -0.1) is 0 Å². The predicted molar refractivity (Wildman–Crippen MR) is 104 cm³/mol. The van der Waals surface area contributed by atoms with Gasteiger partial charge in [-0.2, -0.15) is 0 Å². The quantitative estimate of drug-likeness (QED) is 0.469. The molecule has 4 rings (SSSR count). The maximum Gasteiger partial charge on any atom is 0.338 e. The Hall–Kier alpha value is -3.68. The average molecular weight is 409 g/mol. The molecule has 1 N–H and O–H groups in total. The van der Waals surface area contributed by atoms with Crippen molar-refractivity contribution >= 4 is 11.9 Å². The topological polar surface area (TPSA) is 116 Å². The van der Waals surface area contributed by atoms with Crippen molar-refractivity contribution in [2.45, 2.75) is 17.4 Å². The predicted octanol–water partition coefficient (Wildman–Crippen LogP) is 2.83. The second kappa shape index (κ2) is 6.98. The molecule has 0 radical (unpaired) electrons. The first-order valence-electron chi connectivity index (χ1n) is 9.29. The summed E-state index contributed by atoms with van der Waals surface area (Å²) in [5.41, 5.74) is -0.858. The summed E-state index contributed by atoms with van der Waals surface area (Å²) in [4.78, 5) is 37.9. The number of hydrogen-bond acceptors (Lipinski definition) is 7. The Morgan fingerprint density at radius 2 is 1.60 bits per heavy atom. The number of carbonyl (C=O) groups is 2. The van der Waals surface area contributed by atoms with Crippen LogP contribution in [0.2, 0.25) is 0 Å². The Morgan fingerprint density at radius 3 is 2.17 bits per heavy atom. The highest BCUT2D eigenvalue weighted by atomic mass is 16.6. The minimum absolute atomic E-state index is 0.297. The molecular weight excluding hydrogens is 390 g/mol. The number of rotatable bonds is 4. The summed E-state index contributed by atoms with van der Waals surface area (Å²) in [7, 11) is 2.26. The minimum atomic E-state index is -1.90. The average Bonchev–Trinajstić information content (AvgIpc) is 3.00. The van der Waals surface area contributed by atoms with Crippen LogP contribution in [0.4, 0.5) is 0 Å². The largest absolute Gasteiger partial charge is 0.511 e. The summed E-state index contributed by atoms with van der Waals surface area (Å²) in [6.07, 6.45) is 0. The second-order valence-corrected chi connectivity index (χ2v) is 7.28. The molecule has 0 amide bonds. The lowest BCUT2D eigenvalue weighted by molar-refractivity contribution is -0.588. The summed E-state index contributed by atoms with van der Waals surface area (Å²) in [5.74, 6) is -5.98. The fraction of sp³-hybridized carbons (Fsp3) is 0.273. The molecule has 2 aromatic carbocycles. The number of aliphatic hydroxyl groups is 1. The molecule has 0 unspecified atom stereocenters. The Kier molecular flexibility index (Phi) is 4.57. The van der Waals surface area contributed by atoms with Gasteiger partial charge in [0, 0.05) is 10.5 Å². The van der Waals surface area contributed by atoms with Crippen molar-refractivity contribution in [3.05, 3.63) is 92.7 Å². The minimum Gasteiger partial charge on any atom is -0.511 e. The Bertz CT molecular complexity index is 1080. The van der Waals surface area contributed by atoms with Crippen LogP contribution in [0.1, 0.15) is 28.5 Å². The van der Waals surface area contributed by atoms with Gasteiger partial charge in [0.25, 0.3) is 5.54 Å². The van der Waals surface area contributed by atoms with Gasteiger partial charge in [-0.3, -0.25) is 14.9 Å². The van der Waals surface area contributed by atoms with E-state index in [9.17, 15) is 24.8 Å².